The van der Waals surface area contributed by atoms with E-state index in [0.717, 1.165) is 5.56 Å². The fourth-order valence-electron chi connectivity index (χ4n) is 1.62. The van der Waals surface area contributed by atoms with Crippen molar-refractivity contribution in [3.05, 3.63) is 47.3 Å². The molecule has 0 unspecified atom stereocenters. The molecule has 0 aliphatic rings. The van der Waals surface area contributed by atoms with Crippen LogP contribution in [-0.2, 0) is 24.4 Å². The molecular formula is C13H17N5O. The Balaban J connectivity index is 1.82. The van der Waals surface area contributed by atoms with Gasteiger partial charge < -0.3 is 11.1 Å². The largest absolute Gasteiger partial charge is 0.350 e. The second-order valence-corrected chi connectivity index (χ2v) is 4.37. The van der Waals surface area contributed by atoms with E-state index in [1.807, 2.05) is 31.2 Å². The Hall–Kier alpha value is -2.21. The molecule has 19 heavy (non-hydrogen) atoms. The van der Waals surface area contributed by atoms with Crippen LogP contribution in [0.5, 0.6) is 0 Å². The maximum absolute atomic E-state index is 11.7. The highest BCUT2D eigenvalue weighted by Gasteiger charge is 2.05. The summed E-state index contributed by atoms with van der Waals surface area (Å²) in [6.07, 6.45) is 1.67. The molecule has 0 atom stereocenters. The van der Waals surface area contributed by atoms with E-state index in [0.29, 0.717) is 18.8 Å². The molecule has 0 aliphatic carbocycles. The molecule has 1 heterocycles. The van der Waals surface area contributed by atoms with Crippen LogP contribution in [0, 0.1) is 6.92 Å². The van der Waals surface area contributed by atoms with Gasteiger partial charge in [-0.15, -0.1) is 5.10 Å². The lowest BCUT2D eigenvalue weighted by molar-refractivity contribution is -0.122. The second kappa shape index (κ2) is 6.10. The minimum atomic E-state index is -0.103. The van der Waals surface area contributed by atoms with Gasteiger partial charge in [0.1, 0.15) is 6.54 Å². The number of nitrogens with one attached hydrogen (secondary N) is 1. The zero-order valence-corrected chi connectivity index (χ0v) is 10.8. The number of aryl methyl sites for hydroxylation is 1. The van der Waals surface area contributed by atoms with Gasteiger partial charge in [-0.2, -0.15) is 0 Å². The Kier molecular flexibility index (Phi) is 4.25. The summed E-state index contributed by atoms with van der Waals surface area (Å²) in [6, 6.07) is 8.04. The molecule has 6 nitrogen and oxygen atoms in total. The number of nitrogens with zero attached hydrogens (tertiary/aromatic N) is 3. The van der Waals surface area contributed by atoms with Crippen molar-refractivity contribution in [1.29, 1.82) is 0 Å². The highest BCUT2D eigenvalue weighted by Crippen LogP contribution is 2.02. The summed E-state index contributed by atoms with van der Waals surface area (Å²) in [7, 11) is 0. The Morgan fingerprint density at radius 3 is 2.74 bits per heavy atom. The van der Waals surface area contributed by atoms with E-state index in [2.05, 4.69) is 15.6 Å². The molecule has 1 aromatic carbocycles. The number of rotatable bonds is 5. The van der Waals surface area contributed by atoms with E-state index in [9.17, 15) is 4.79 Å². The van der Waals surface area contributed by atoms with Crippen molar-refractivity contribution >= 4 is 5.91 Å². The summed E-state index contributed by atoms with van der Waals surface area (Å²) >= 11 is 0. The first kappa shape index (κ1) is 13.2. The Morgan fingerprint density at radius 1 is 1.37 bits per heavy atom. The van der Waals surface area contributed by atoms with E-state index in [1.54, 1.807) is 6.20 Å². The number of hydrogen-bond acceptors (Lipinski definition) is 4. The molecule has 0 saturated heterocycles. The van der Waals surface area contributed by atoms with Crippen molar-refractivity contribution < 1.29 is 4.79 Å². The van der Waals surface area contributed by atoms with Crippen molar-refractivity contribution in [3.63, 3.8) is 0 Å². The minimum absolute atomic E-state index is 0.103. The molecule has 0 saturated carbocycles. The quantitative estimate of drug-likeness (QED) is 0.812. The number of aromatic nitrogens is 3. The second-order valence-electron chi connectivity index (χ2n) is 4.37. The zero-order valence-electron chi connectivity index (χ0n) is 10.8. The van der Waals surface area contributed by atoms with Crippen LogP contribution >= 0.6 is 0 Å². The zero-order chi connectivity index (χ0) is 13.7. The Labute approximate surface area is 111 Å². The topological polar surface area (TPSA) is 85.8 Å². The van der Waals surface area contributed by atoms with Crippen LogP contribution < -0.4 is 11.1 Å². The normalized spacial score (nSPS) is 10.4. The van der Waals surface area contributed by atoms with E-state index in [-0.39, 0.29) is 12.5 Å². The van der Waals surface area contributed by atoms with Gasteiger partial charge in [0.25, 0.3) is 0 Å². The highest BCUT2D eigenvalue weighted by atomic mass is 16.2. The molecule has 6 heteroatoms. The third-order valence-electron chi connectivity index (χ3n) is 2.71. The predicted octanol–water partition coefficient (Wildman–Crippen LogP) is 0.362. The predicted molar refractivity (Wildman–Crippen MR) is 70.9 cm³/mol. The monoisotopic (exact) mass is 259 g/mol. The van der Waals surface area contributed by atoms with Crippen molar-refractivity contribution in [1.82, 2.24) is 20.3 Å². The SMILES string of the molecule is Cc1ccc(CNC(=O)Cn2cc(CN)nn2)cc1. The standard InChI is InChI=1S/C13H17N5O/c1-10-2-4-11(5-3-10)7-15-13(19)9-18-8-12(6-14)16-17-18/h2-5,8H,6-7,9,14H2,1H3,(H,15,19). The van der Waals surface area contributed by atoms with Gasteiger partial charge in [-0.05, 0) is 12.5 Å². The van der Waals surface area contributed by atoms with Crippen molar-refractivity contribution in [2.24, 2.45) is 5.73 Å². The van der Waals surface area contributed by atoms with Crippen molar-refractivity contribution in [2.75, 3.05) is 0 Å². The third kappa shape index (κ3) is 3.89. The van der Waals surface area contributed by atoms with Crippen LogP contribution in [0.15, 0.2) is 30.5 Å². The molecule has 0 bridgehead atoms. The maximum atomic E-state index is 11.7. The van der Waals surface area contributed by atoms with Crippen molar-refractivity contribution in [2.45, 2.75) is 26.6 Å². The number of carbonyl (C=O) groups excluding carboxylic acids is 1. The summed E-state index contributed by atoms with van der Waals surface area (Å²) in [5.74, 6) is -0.103. The number of benzene rings is 1. The van der Waals surface area contributed by atoms with Gasteiger partial charge in [-0.25, -0.2) is 4.68 Å². The lowest BCUT2D eigenvalue weighted by Gasteiger charge is -2.05. The summed E-state index contributed by atoms with van der Waals surface area (Å²) in [6.45, 7) is 3.02. The lowest BCUT2D eigenvalue weighted by Crippen LogP contribution is -2.27. The van der Waals surface area contributed by atoms with Crippen LogP contribution in [0.1, 0.15) is 16.8 Å². The molecule has 0 fully saturated rings. The molecule has 3 N–H and O–H groups in total. The fraction of sp³-hybridized carbons (Fsp3) is 0.308. The fourth-order valence-corrected chi connectivity index (χ4v) is 1.62. The average molecular weight is 259 g/mol. The highest BCUT2D eigenvalue weighted by molar-refractivity contribution is 5.75. The van der Waals surface area contributed by atoms with Gasteiger partial charge >= 0.3 is 0 Å². The van der Waals surface area contributed by atoms with Gasteiger partial charge in [0.2, 0.25) is 5.91 Å². The Bertz CT molecular complexity index is 546. The van der Waals surface area contributed by atoms with E-state index >= 15 is 0 Å². The molecule has 100 valence electrons. The Morgan fingerprint density at radius 2 is 2.11 bits per heavy atom. The smallest absolute Gasteiger partial charge is 0.242 e. The molecule has 1 amide bonds. The van der Waals surface area contributed by atoms with Crippen LogP contribution in [0.2, 0.25) is 0 Å². The van der Waals surface area contributed by atoms with Gasteiger partial charge in [0, 0.05) is 13.1 Å². The van der Waals surface area contributed by atoms with Crippen molar-refractivity contribution in [3.8, 4) is 0 Å². The van der Waals surface area contributed by atoms with E-state index in [4.69, 9.17) is 5.73 Å². The summed E-state index contributed by atoms with van der Waals surface area (Å²) in [5.41, 5.74) is 8.37. The minimum Gasteiger partial charge on any atom is -0.350 e. The van der Waals surface area contributed by atoms with E-state index < -0.39 is 0 Å². The molecule has 0 radical (unpaired) electrons. The first-order valence-corrected chi connectivity index (χ1v) is 6.08. The van der Waals surface area contributed by atoms with E-state index in [1.165, 1.54) is 10.2 Å². The van der Waals surface area contributed by atoms with Gasteiger partial charge in [-0.3, -0.25) is 4.79 Å². The maximum Gasteiger partial charge on any atom is 0.242 e. The van der Waals surface area contributed by atoms with Crippen LogP contribution in [0.25, 0.3) is 0 Å². The first-order chi connectivity index (χ1) is 9.17. The number of carbonyl (C=O) groups is 1. The van der Waals surface area contributed by atoms with Crippen LogP contribution in [0.4, 0.5) is 0 Å². The number of amides is 1. The van der Waals surface area contributed by atoms with Crippen LogP contribution in [-0.4, -0.2) is 20.9 Å². The van der Waals surface area contributed by atoms with Gasteiger partial charge in [0.15, 0.2) is 0 Å². The summed E-state index contributed by atoms with van der Waals surface area (Å²) in [5, 5.41) is 10.5. The van der Waals surface area contributed by atoms with Crippen LogP contribution in [0.3, 0.4) is 0 Å². The number of hydrogen-bond donors (Lipinski definition) is 2. The third-order valence-corrected chi connectivity index (χ3v) is 2.71. The molecule has 2 rings (SSSR count). The summed E-state index contributed by atoms with van der Waals surface area (Å²) in [4.78, 5) is 11.7. The molecule has 2 aromatic rings. The van der Waals surface area contributed by atoms with Gasteiger partial charge in [0.05, 0.1) is 11.9 Å². The average Bonchev–Trinajstić information content (AvgIpc) is 2.86. The first-order valence-electron chi connectivity index (χ1n) is 6.08. The molecule has 0 spiro atoms. The number of nitrogens with two attached hydrogens (primary N) is 1. The molecule has 1 aromatic heterocycles. The summed E-state index contributed by atoms with van der Waals surface area (Å²) < 4.78 is 1.48. The molecular weight excluding hydrogens is 242 g/mol. The molecule has 0 aliphatic heterocycles. The lowest BCUT2D eigenvalue weighted by atomic mass is 10.1. The van der Waals surface area contributed by atoms with Gasteiger partial charge in [-0.1, -0.05) is 35.0 Å².